The van der Waals surface area contributed by atoms with Gasteiger partial charge in [0.15, 0.2) is 0 Å². The van der Waals surface area contributed by atoms with Crippen molar-refractivity contribution < 1.29 is 14.5 Å². The molecule has 0 unspecified atom stereocenters. The number of amides is 1. The fourth-order valence-corrected chi connectivity index (χ4v) is 3.41. The summed E-state index contributed by atoms with van der Waals surface area (Å²) in [6.45, 7) is 2.39. The molecular weight excluding hydrogens is 346 g/mol. The molecule has 7 nitrogen and oxygen atoms in total. The number of carbonyl (C=O) groups excluding carboxylic acids is 1. The highest BCUT2D eigenvalue weighted by molar-refractivity contribution is 5.94. The van der Waals surface area contributed by atoms with Crippen LogP contribution in [0.5, 0.6) is 5.75 Å². The molecule has 7 heteroatoms. The van der Waals surface area contributed by atoms with Crippen LogP contribution in [0.15, 0.2) is 48.5 Å². The average Bonchev–Trinajstić information content (AvgIpc) is 3.22. The number of hydrogen-bond acceptors (Lipinski definition) is 5. The van der Waals surface area contributed by atoms with Crippen LogP contribution in [0.2, 0.25) is 0 Å². The first kappa shape index (κ1) is 18.8. The second-order valence-electron chi connectivity index (χ2n) is 6.55. The number of nitrogens with zero attached hydrogens (tertiary/aromatic N) is 2. The van der Waals surface area contributed by atoms with Crippen molar-refractivity contribution >= 4 is 11.6 Å². The third-order valence-corrected chi connectivity index (χ3v) is 4.84. The Morgan fingerprint density at radius 2 is 1.96 bits per heavy atom. The smallest absolute Gasteiger partial charge is 0.270 e. The molecule has 1 aliphatic rings. The van der Waals surface area contributed by atoms with Crippen molar-refractivity contribution in [2.24, 2.45) is 0 Å². The summed E-state index contributed by atoms with van der Waals surface area (Å²) in [5, 5.41) is 13.9. The number of methoxy groups -OCH3 is 1. The van der Waals surface area contributed by atoms with Crippen LogP contribution in [0.1, 0.15) is 34.8 Å². The Hall–Kier alpha value is -2.93. The van der Waals surface area contributed by atoms with E-state index in [1.165, 1.54) is 18.2 Å². The number of likely N-dealkylation sites (tertiary alicyclic amines) is 1. The van der Waals surface area contributed by atoms with Crippen molar-refractivity contribution in [3.63, 3.8) is 0 Å². The number of ether oxygens (including phenoxy) is 1. The largest absolute Gasteiger partial charge is 0.497 e. The van der Waals surface area contributed by atoms with Gasteiger partial charge in [-0.15, -0.1) is 0 Å². The summed E-state index contributed by atoms with van der Waals surface area (Å²) in [5.74, 6) is 0.465. The minimum absolute atomic E-state index is 0.0326. The lowest BCUT2D eigenvalue weighted by atomic mass is 10.0. The molecule has 1 heterocycles. The van der Waals surface area contributed by atoms with Crippen molar-refractivity contribution in [1.29, 1.82) is 0 Å². The fourth-order valence-electron chi connectivity index (χ4n) is 3.41. The first-order chi connectivity index (χ1) is 13.1. The number of nitro groups is 1. The standard InChI is InChI=1S/C20H23N3O4/c1-27-18-9-5-6-15(13-18)19(22-10-2-3-11-22)14-21-20(24)16-7-4-8-17(12-16)23(25)26/h4-9,12-13,19H,2-3,10-11,14H2,1H3,(H,21,24)/t19-/m0/s1. The van der Waals surface area contributed by atoms with Crippen molar-refractivity contribution in [3.8, 4) is 5.75 Å². The average molecular weight is 369 g/mol. The lowest BCUT2D eigenvalue weighted by Gasteiger charge is -2.28. The van der Waals surface area contributed by atoms with Gasteiger partial charge in [-0.1, -0.05) is 18.2 Å². The molecule has 1 atom stereocenters. The quantitative estimate of drug-likeness (QED) is 0.598. The van der Waals surface area contributed by atoms with Crippen molar-refractivity contribution in [3.05, 3.63) is 69.8 Å². The van der Waals surface area contributed by atoms with Crippen molar-refractivity contribution in [1.82, 2.24) is 10.2 Å². The normalized spacial score (nSPS) is 15.3. The second-order valence-corrected chi connectivity index (χ2v) is 6.55. The fraction of sp³-hybridized carbons (Fsp3) is 0.350. The number of carbonyl (C=O) groups is 1. The van der Waals surface area contributed by atoms with Crippen LogP contribution in [0.3, 0.4) is 0 Å². The Morgan fingerprint density at radius 3 is 2.67 bits per heavy atom. The SMILES string of the molecule is COc1cccc([C@H](CNC(=O)c2cccc([N+](=O)[O-])c2)N2CCCC2)c1. The molecule has 1 aliphatic heterocycles. The lowest BCUT2D eigenvalue weighted by Crippen LogP contribution is -2.36. The zero-order valence-electron chi connectivity index (χ0n) is 15.3. The van der Waals surface area contributed by atoms with E-state index in [1.54, 1.807) is 13.2 Å². The van der Waals surface area contributed by atoms with Crippen LogP contribution in [-0.2, 0) is 0 Å². The Kier molecular flexibility index (Phi) is 6.03. The summed E-state index contributed by atoms with van der Waals surface area (Å²) in [5.41, 5.74) is 1.28. The van der Waals surface area contributed by atoms with Gasteiger partial charge in [0.25, 0.3) is 11.6 Å². The van der Waals surface area contributed by atoms with Gasteiger partial charge < -0.3 is 10.1 Å². The highest BCUT2D eigenvalue weighted by Gasteiger charge is 2.24. The molecule has 1 fully saturated rings. The zero-order chi connectivity index (χ0) is 19.2. The van der Waals surface area contributed by atoms with Gasteiger partial charge in [-0.05, 0) is 49.7 Å². The Morgan fingerprint density at radius 1 is 1.22 bits per heavy atom. The molecule has 0 radical (unpaired) electrons. The monoisotopic (exact) mass is 369 g/mol. The van der Waals surface area contributed by atoms with E-state index < -0.39 is 4.92 Å². The van der Waals surface area contributed by atoms with Gasteiger partial charge in [0.05, 0.1) is 18.1 Å². The van der Waals surface area contributed by atoms with Gasteiger partial charge in [0, 0.05) is 24.2 Å². The van der Waals surface area contributed by atoms with E-state index in [0.717, 1.165) is 37.2 Å². The van der Waals surface area contributed by atoms with Gasteiger partial charge in [0.2, 0.25) is 0 Å². The second kappa shape index (κ2) is 8.64. The van der Waals surface area contributed by atoms with E-state index in [2.05, 4.69) is 10.2 Å². The molecule has 0 spiro atoms. The molecular formula is C20H23N3O4. The molecule has 0 aliphatic carbocycles. The van der Waals surface area contributed by atoms with E-state index in [1.807, 2.05) is 24.3 Å². The van der Waals surface area contributed by atoms with Crippen LogP contribution >= 0.6 is 0 Å². The Balaban J connectivity index is 1.75. The first-order valence-electron chi connectivity index (χ1n) is 8.99. The van der Waals surface area contributed by atoms with E-state index in [-0.39, 0.29) is 23.2 Å². The predicted octanol–water partition coefficient (Wildman–Crippen LogP) is 3.17. The van der Waals surface area contributed by atoms with Crippen LogP contribution in [0, 0.1) is 10.1 Å². The van der Waals surface area contributed by atoms with E-state index in [4.69, 9.17) is 4.74 Å². The number of nitro benzene ring substituents is 1. The summed E-state index contributed by atoms with van der Waals surface area (Å²) in [7, 11) is 1.63. The molecule has 1 amide bonds. The van der Waals surface area contributed by atoms with E-state index in [0.29, 0.717) is 6.54 Å². The lowest BCUT2D eigenvalue weighted by molar-refractivity contribution is -0.384. The van der Waals surface area contributed by atoms with Crippen molar-refractivity contribution in [2.75, 3.05) is 26.7 Å². The summed E-state index contributed by atoms with van der Waals surface area (Å²) < 4.78 is 5.33. The summed E-state index contributed by atoms with van der Waals surface area (Å²) >= 11 is 0. The molecule has 0 bridgehead atoms. The van der Waals surface area contributed by atoms with Crippen molar-refractivity contribution in [2.45, 2.75) is 18.9 Å². The molecule has 2 aromatic rings. The van der Waals surface area contributed by atoms with Crippen LogP contribution in [0.25, 0.3) is 0 Å². The first-order valence-corrected chi connectivity index (χ1v) is 8.99. The van der Waals surface area contributed by atoms with Gasteiger partial charge in [0.1, 0.15) is 5.75 Å². The third-order valence-electron chi connectivity index (χ3n) is 4.84. The maximum absolute atomic E-state index is 12.5. The third kappa shape index (κ3) is 4.62. The molecule has 142 valence electrons. The highest BCUT2D eigenvalue weighted by Crippen LogP contribution is 2.27. The molecule has 0 aromatic heterocycles. The number of hydrogen-bond donors (Lipinski definition) is 1. The predicted molar refractivity (Wildman–Crippen MR) is 102 cm³/mol. The van der Waals surface area contributed by atoms with Gasteiger partial charge in [-0.25, -0.2) is 0 Å². The maximum atomic E-state index is 12.5. The Labute approximate surface area is 158 Å². The Bertz CT molecular complexity index is 818. The number of rotatable bonds is 7. The molecule has 1 saturated heterocycles. The summed E-state index contributed by atoms with van der Waals surface area (Å²) in [4.78, 5) is 25.3. The van der Waals surface area contributed by atoms with Crippen LogP contribution in [-0.4, -0.2) is 42.5 Å². The van der Waals surface area contributed by atoms with E-state index >= 15 is 0 Å². The zero-order valence-corrected chi connectivity index (χ0v) is 15.3. The van der Waals surface area contributed by atoms with Crippen LogP contribution < -0.4 is 10.1 Å². The van der Waals surface area contributed by atoms with E-state index in [9.17, 15) is 14.9 Å². The topological polar surface area (TPSA) is 84.7 Å². The van der Waals surface area contributed by atoms with Gasteiger partial charge >= 0.3 is 0 Å². The minimum Gasteiger partial charge on any atom is -0.497 e. The number of non-ortho nitro benzene ring substituents is 1. The number of benzene rings is 2. The maximum Gasteiger partial charge on any atom is 0.270 e. The number of nitrogens with one attached hydrogen (secondary N) is 1. The van der Waals surface area contributed by atoms with Gasteiger partial charge in [-0.3, -0.25) is 19.8 Å². The summed E-state index contributed by atoms with van der Waals surface area (Å²) in [6.07, 6.45) is 2.28. The molecule has 3 rings (SSSR count). The molecule has 27 heavy (non-hydrogen) atoms. The molecule has 0 saturated carbocycles. The highest BCUT2D eigenvalue weighted by atomic mass is 16.6. The molecule has 2 aromatic carbocycles. The molecule has 1 N–H and O–H groups in total. The van der Waals surface area contributed by atoms with Gasteiger partial charge in [-0.2, -0.15) is 0 Å². The van der Waals surface area contributed by atoms with Crippen LogP contribution in [0.4, 0.5) is 5.69 Å². The summed E-state index contributed by atoms with van der Waals surface area (Å²) in [6, 6.07) is 13.7. The minimum atomic E-state index is -0.500.